The number of hydrogen-bond acceptors (Lipinski definition) is 5. The van der Waals surface area contributed by atoms with Crippen molar-refractivity contribution in [2.45, 2.75) is 18.4 Å². The molecule has 4 N–H and O–H groups in total. The number of nitrogen functional groups attached to an aromatic ring is 1. The average molecular weight is 309 g/mol. The maximum absolute atomic E-state index is 11.7. The molecule has 0 bridgehead atoms. The van der Waals surface area contributed by atoms with Gasteiger partial charge in [0.1, 0.15) is 0 Å². The number of nitrogens with two attached hydrogens (primary N) is 1. The lowest BCUT2D eigenvalue weighted by Crippen LogP contribution is -2.18. The molecule has 21 heavy (non-hydrogen) atoms. The van der Waals surface area contributed by atoms with E-state index in [1.54, 1.807) is 16.9 Å². The van der Waals surface area contributed by atoms with Crippen LogP contribution in [0.1, 0.15) is 11.3 Å². The van der Waals surface area contributed by atoms with E-state index in [2.05, 4.69) is 15.1 Å². The number of nitrogens with zero attached hydrogens (tertiary/aromatic N) is 2. The van der Waals surface area contributed by atoms with Crippen LogP contribution in [0.15, 0.2) is 29.3 Å². The molecule has 1 heterocycles. The number of sulfonamides is 1. The third-order valence-electron chi connectivity index (χ3n) is 3.41. The second-order valence-electron chi connectivity index (χ2n) is 4.69. The number of anilines is 2. The van der Waals surface area contributed by atoms with Crippen LogP contribution < -0.4 is 15.8 Å². The summed E-state index contributed by atoms with van der Waals surface area (Å²) in [5.41, 5.74) is 9.10. The van der Waals surface area contributed by atoms with Crippen molar-refractivity contribution in [1.29, 1.82) is 0 Å². The van der Waals surface area contributed by atoms with Gasteiger partial charge >= 0.3 is 0 Å². The summed E-state index contributed by atoms with van der Waals surface area (Å²) in [7, 11) is -0.236. The Balaban J connectivity index is 2.17. The molecule has 0 atom stereocenters. The van der Waals surface area contributed by atoms with Crippen molar-refractivity contribution >= 4 is 21.4 Å². The summed E-state index contributed by atoms with van der Waals surface area (Å²) in [5, 5.41) is 7.35. The van der Waals surface area contributed by atoms with Crippen LogP contribution in [0.2, 0.25) is 0 Å². The van der Waals surface area contributed by atoms with Gasteiger partial charge in [0.15, 0.2) is 0 Å². The first-order valence-corrected chi connectivity index (χ1v) is 7.88. The predicted molar refractivity (Wildman–Crippen MR) is 82.4 cm³/mol. The van der Waals surface area contributed by atoms with Crippen LogP contribution in [0.25, 0.3) is 0 Å². The summed E-state index contributed by atoms with van der Waals surface area (Å²) in [6.07, 6.45) is 1.79. The molecule has 2 rings (SSSR count). The zero-order chi connectivity index (χ0) is 15.6. The molecule has 0 amide bonds. The van der Waals surface area contributed by atoms with Crippen molar-refractivity contribution < 1.29 is 8.42 Å². The van der Waals surface area contributed by atoms with E-state index in [4.69, 9.17) is 5.73 Å². The van der Waals surface area contributed by atoms with Gasteiger partial charge in [-0.1, -0.05) is 0 Å². The monoisotopic (exact) mass is 309 g/mol. The second kappa shape index (κ2) is 5.74. The van der Waals surface area contributed by atoms with Crippen molar-refractivity contribution in [3.63, 3.8) is 0 Å². The summed E-state index contributed by atoms with van der Waals surface area (Å²) in [6.45, 7) is 2.55. The third-order valence-corrected chi connectivity index (χ3v) is 4.82. The van der Waals surface area contributed by atoms with Crippen LogP contribution in [0.5, 0.6) is 0 Å². The molecule has 8 heteroatoms. The van der Waals surface area contributed by atoms with E-state index in [-0.39, 0.29) is 4.90 Å². The first kappa shape index (κ1) is 15.3. The fourth-order valence-electron chi connectivity index (χ4n) is 1.89. The van der Waals surface area contributed by atoms with Gasteiger partial charge in [-0.05, 0) is 32.2 Å². The Hall–Kier alpha value is -2.06. The number of rotatable bonds is 5. The van der Waals surface area contributed by atoms with Crippen molar-refractivity contribution in [3.8, 4) is 0 Å². The molecule has 1 aromatic heterocycles. The van der Waals surface area contributed by atoms with Crippen LogP contribution in [0, 0.1) is 6.92 Å². The average Bonchev–Trinajstić information content (AvgIpc) is 2.77. The summed E-state index contributed by atoms with van der Waals surface area (Å²) < 4.78 is 27.4. The Morgan fingerprint density at radius 3 is 2.62 bits per heavy atom. The minimum atomic E-state index is -3.48. The van der Waals surface area contributed by atoms with Crippen LogP contribution >= 0.6 is 0 Å². The molecule has 1 aromatic carbocycles. The molecule has 114 valence electrons. The first-order valence-electron chi connectivity index (χ1n) is 6.39. The van der Waals surface area contributed by atoms with Gasteiger partial charge in [-0.25, -0.2) is 13.1 Å². The Kier molecular flexibility index (Phi) is 4.19. The molecule has 7 nitrogen and oxygen atoms in total. The van der Waals surface area contributed by atoms with Gasteiger partial charge in [-0.2, -0.15) is 5.10 Å². The maximum atomic E-state index is 11.7. The first-order chi connectivity index (χ1) is 9.85. The van der Waals surface area contributed by atoms with Gasteiger partial charge in [-0.15, -0.1) is 0 Å². The number of aromatic nitrogens is 2. The lowest BCUT2D eigenvalue weighted by Gasteiger charge is -2.11. The van der Waals surface area contributed by atoms with E-state index < -0.39 is 10.0 Å². The molecular formula is C13H19N5O2S. The molecule has 0 aliphatic carbocycles. The Bertz CT molecular complexity index is 752. The molecule has 2 aromatic rings. The van der Waals surface area contributed by atoms with Crippen molar-refractivity contribution in [3.05, 3.63) is 35.7 Å². The van der Waals surface area contributed by atoms with Gasteiger partial charge in [0.25, 0.3) is 0 Å². The van der Waals surface area contributed by atoms with Gasteiger partial charge < -0.3 is 11.1 Å². The van der Waals surface area contributed by atoms with Crippen LogP contribution in [-0.2, 0) is 23.6 Å². The second-order valence-corrected chi connectivity index (χ2v) is 6.58. The molecule has 0 saturated carbocycles. The van der Waals surface area contributed by atoms with E-state index in [9.17, 15) is 8.42 Å². The van der Waals surface area contributed by atoms with Gasteiger partial charge in [-0.3, -0.25) is 4.68 Å². The smallest absolute Gasteiger partial charge is 0.240 e. The quantitative estimate of drug-likeness (QED) is 0.710. The molecule has 0 aliphatic rings. The largest absolute Gasteiger partial charge is 0.397 e. The SMILES string of the molecule is CNS(=O)(=O)c1ccc(NCc2cnn(C)c2C)c(N)c1. The Morgan fingerprint density at radius 1 is 1.38 bits per heavy atom. The summed E-state index contributed by atoms with van der Waals surface area (Å²) >= 11 is 0. The predicted octanol–water partition coefficient (Wildman–Crippen LogP) is 0.831. The number of aryl methyl sites for hydroxylation is 1. The summed E-state index contributed by atoms with van der Waals surface area (Å²) in [5.74, 6) is 0. The Morgan fingerprint density at radius 2 is 2.10 bits per heavy atom. The zero-order valence-corrected chi connectivity index (χ0v) is 13.0. The Labute approximate surface area is 124 Å². The molecule has 0 aliphatic heterocycles. The maximum Gasteiger partial charge on any atom is 0.240 e. The standard InChI is InChI=1S/C13H19N5O2S/c1-9-10(8-17-18(9)3)7-16-13-5-4-11(6-12(13)14)21(19,20)15-2/h4-6,8,15-16H,7,14H2,1-3H3. The molecular weight excluding hydrogens is 290 g/mol. The number of nitrogens with one attached hydrogen (secondary N) is 2. The fraction of sp³-hybridized carbons (Fsp3) is 0.308. The molecule has 0 fully saturated rings. The van der Waals surface area contributed by atoms with E-state index in [0.717, 1.165) is 11.3 Å². The highest BCUT2D eigenvalue weighted by molar-refractivity contribution is 7.89. The third kappa shape index (κ3) is 3.17. The van der Waals surface area contributed by atoms with E-state index >= 15 is 0 Å². The lowest BCUT2D eigenvalue weighted by molar-refractivity contribution is 0.588. The van der Waals surface area contributed by atoms with E-state index in [1.165, 1.54) is 19.2 Å². The van der Waals surface area contributed by atoms with Crippen molar-refractivity contribution in [2.75, 3.05) is 18.1 Å². The highest BCUT2D eigenvalue weighted by Crippen LogP contribution is 2.23. The van der Waals surface area contributed by atoms with Crippen LogP contribution in [0.3, 0.4) is 0 Å². The van der Waals surface area contributed by atoms with Crippen LogP contribution in [0.4, 0.5) is 11.4 Å². The minimum absolute atomic E-state index is 0.144. The van der Waals surface area contributed by atoms with Crippen molar-refractivity contribution in [1.82, 2.24) is 14.5 Å². The normalized spacial score (nSPS) is 11.6. The fourth-order valence-corrected chi connectivity index (χ4v) is 2.66. The minimum Gasteiger partial charge on any atom is -0.397 e. The highest BCUT2D eigenvalue weighted by atomic mass is 32.2. The molecule has 0 radical (unpaired) electrons. The lowest BCUT2D eigenvalue weighted by atomic mass is 10.2. The van der Waals surface area contributed by atoms with E-state index in [1.807, 2.05) is 14.0 Å². The van der Waals surface area contributed by atoms with Gasteiger partial charge in [0, 0.05) is 24.8 Å². The highest BCUT2D eigenvalue weighted by Gasteiger charge is 2.13. The van der Waals surface area contributed by atoms with Gasteiger partial charge in [0.05, 0.1) is 22.5 Å². The molecule has 0 unspecified atom stereocenters. The summed E-state index contributed by atoms with van der Waals surface area (Å²) in [4.78, 5) is 0.144. The zero-order valence-electron chi connectivity index (χ0n) is 12.2. The summed E-state index contributed by atoms with van der Waals surface area (Å²) in [6, 6.07) is 4.61. The molecule has 0 saturated heterocycles. The van der Waals surface area contributed by atoms with Crippen molar-refractivity contribution in [2.24, 2.45) is 7.05 Å². The van der Waals surface area contributed by atoms with E-state index in [0.29, 0.717) is 17.9 Å². The molecule has 0 spiro atoms. The van der Waals surface area contributed by atoms with Crippen LogP contribution in [-0.4, -0.2) is 25.2 Å². The topological polar surface area (TPSA) is 102 Å². The van der Waals surface area contributed by atoms with Gasteiger partial charge in [0.2, 0.25) is 10.0 Å². The number of benzene rings is 1. The number of hydrogen-bond donors (Lipinski definition) is 3.